The lowest BCUT2D eigenvalue weighted by Gasteiger charge is -2.39. The largest absolute Gasteiger partial charge is 0.396 e. The molecule has 0 aliphatic carbocycles. The molecule has 1 saturated heterocycles. The number of aliphatic hydroxyl groups excluding tert-OH is 3. The van der Waals surface area contributed by atoms with Crippen molar-refractivity contribution in [1.29, 1.82) is 0 Å². The standard InChI is InChI=1S/C18H28N2O4/c1-2-16(22)20-15-10-19-14(17(23)18(15)24)9-8-13(11-21)12-6-4-3-5-7-12/h3-7,13-15,17-19,21,23-24H,2,8-11H2,1H3,(H,20,22)/t13?,14-,15+,17-,18-/m1/s1. The van der Waals surface area contributed by atoms with Crippen LogP contribution in [0.3, 0.4) is 0 Å². The van der Waals surface area contributed by atoms with Crippen molar-refractivity contribution in [2.75, 3.05) is 13.2 Å². The van der Waals surface area contributed by atoms with Gasteiger partial charge in [-0.15, -0.1) is 0 Å². The van der Waals surface area contributed by atoms with Gasteiger partial charge in [0.05, 0.1) is 12.1 Å². The molecule has 0 radical (unpaired) electrons. The summed E-state index contributed by atoms with van der Waals surface area (Å²) >= 11 is 0. The van der Waals surface area contributed by atoms with Crippen LogP contribution in [0.25, 0.3) is 0 Å². The van der Waals surface area contributed by atoms with E-state index in [-0.39, 0.29) is 24.5 Å². The highest BCUT2D eigenvalue weighted by Gasteiger charge is 2.37. The smallest absolute Gasteiger partial charge is 0.220 e. The molecule has 6 nitrogen and oxygen atoms in total. The van der Waals surface area contributed by atoms with Gasteiger partial charge in [0.1, 0.15) is 6.10 Å². The first-order chi connectivity index (χ1) is 11.6. The second-order valence-corrected chi connectivity index (χ2v) is 6.39. The zero-order valence-corrected chi connectivity index (χ0v) is 14.1. The number of rotatable bonds is 7. The molecule has 1 aromatic carbocycles. The molecule has 5 N–H and O–H groups in total. The molecule has 5 atom stereocenters. The molecule has 24 heavy (non-hydrogen) atoms. The molecule has 1 aliphatic heterocycles. The average molecular weight is 336 g/mol. The number of benzene rings is 1. The van der Waals surface area contributed by atoms with Crippen LogP contribution in [0.2, 0.25) is 0 Å². The third-order valence-electron chi connectivity index (χ3n) is 4.76. The predicted molar refractivity (Wildman–Crippen MR) is 91.5 cm³/mol. The number of carbonyl (C=O) groups excluding carboxylic acids is 1. The summed E-state index contributed by atoms with van der Waals surface area (Å²) in [6.45, 7) is 2.21. The Morgan fingerprint density at radius 2 is 2.00 bits per heavy atom. The van der Waals surface area contributed by atoms with Gasteiger partial charge in [0, 0.05) is 31.5 Å². The highest BCUT2D eigenvalue weighted by atomic mass is 16.3. The molecule has 2 rings (SSSR count). The third kappa shape index (κ3) is 4.77. The van der Waals surface area contributed by atoms with Crippen molar-refractivity contribution in [2.24, 2.45) is 0 Å². The lowest BCUT2D eigenvalue weighted by atomic mass is 9.87. The fourth-order valence-electron chi connectivity index (χ4n) is 3.18. The molecule has 1 aliphatic rings. The van der Waals surface area contributed by atoms with Crippen LogP contribution in [0.15, 0.2) is 30.3 Å². The maximum atomic E-state index is 11.5. The summed E-state index contributed by atoms with van der Waals surface area (Å²) in [5.74, 6) is -0.134. The molecule has 134 valence electrons. The summed E-state index contributed by atoms with van der Waals surface area (Å²) in [5, 5.41) is 36.1. The lowest BCUT2D eigenvalue weighted by molar-refractivity contribution is -0.124. The predicted octanol–water partition coefficient (Wildman–Crippen LogP) is 0.131. The fourth-order valence-corrected chi connectivity index (χ4v) is 3.18. The molecular weight excluding hydrogens is 308 g/mol. The van der Waals surface area contributed by atoms with Crippen molar-refractivity contribution >= 4 is 5.91 Å². The number of nitrogens with one attached hydrogen (secondary N) is 2. The van der Waals surface area contributed by atoms with Crippen LogP contribution in [0.4, 0.5) is 0 Å². The zero-order chi connectivity index (χ0) is 17.5. The van der Waals surface area contributed by atoms with Gasteiger partial charge >= 0.3 is 0 Å². The van der Waals surface area contributed by atoms with Crippen LogP contribution in [0.5, 0.6) is 0 Å². The van der Waals surface area contributed by atoms with Gasteiger partial charge in [-0.25, -0.2) is 0 Å². The van der Waals surface area contributed by atoms with Gasteiger partial charge in [-0.05, 0) is 18.4 Å². The molecule has 6 heteroatoms. The van der Waals surface area contributed by atoms with Crippen LogP contribution in [0.1, 0.15) is 37.7 Å². The number of carbonyl (C=O) groups is 1. The van der Waals surface area contributed by atoms with Gasteiger partial charge in [-0.1, -0.05) is 37.3 Å². The fraction of sp³-hybridized carbons (Fsp3) is 0.611. The van der Waals surface area contributed by atoms with E-state index in [0.717, 1.165) is 5.56 Å². The number of amides is 1. The summed E-state index contributed by atoms with van der Waals surface area (Å²) in [6, 6.07) is 9.05. The Morgan fingerprint density at radius 1 is 1.29 bits per heavy atom. The van der Waals surface area contributed by atoms with Crippen molar-refractivity contribution in [3.05, 3.63) is 35.9 Å². The van der Waals surface area contributed by atoms with Crippen molar-refractivity contribution in [3.8, 4) is 0 Å². The Labute approximate surface area is 142 Å². The quantitative estimate of drug-likeness (QED) is 0.487. The number of aliphatic hydroxyl groups is 3. The molecule has 0 saturated carbocycles. The van der Waals surface area contributed by atoms with Gasteiger partial charge in [-0.2, -0.15) is 0 Å². The summed E-state index contributed by atoms with van der Waals surface area (Å²) < 4.78 is 0. The molecule has 0 bridgehead atoms. The summed E-state index contributed by atoms with van der Waals surface area (Å²) in [4.78, 5) is 11.5. The summed E-state index contributed by atoms with van der Waals surface area (Å²) in [7, 11) is 0. The SMILES string of the molecule is CCC(=O)N[C@H]1CN[C@H](CCC(CO)c2ccccc2)[C@@H](O)[C@@H]1O. The van der Waals surface area contributed by atoms with E-state index in [1.165, 1.54) is 0 Å². The maximum Gasteiger partial charge on any atom is 0.220 e. The summed E-state index contributed by atoms with van der Waals surface area (Å²) in [5.41, 5.74) is 1.07. The Balaban J connectivity index is 1.88. The van der Waals surface area contributed by atoms with Crippen molar-refractivity contribution in [2.45, 2.75) is 56.4 Å². The molecule has 1 amide bonds. The molecule has 0 aromatic heterocycles. The second kappa shape index (κ2) is 9.13. The number of hydrogen-bond donors (Lipinski definition) is 5. The van der Waals surface area contributed by atoms with Gasteiger partial charge in [0.15, 0.2) is 0 Å². The van der Waals surface area contributed by atoms with E-state index in [0.29, 0.717) is 25.8 Å². The Kier molecular flexibility index (Phi) is 7.17. The lowest BCUT2D eigenvalue weighted by Crippen LogP contribution is -2.64. The average Bonchev–Trinajstić information content (AvgIpc) is 2.62. The molecule has 1 unspecified atom stereocenters. The van der Waals surface area contributed by atoms with Crippen LogP contribution < -0.4 is 10.6 Å². The molecule has 1 fully saturated rings. The molecule has 1 heterocycles. The van der Waals surface area contributed by atoms with Gasteiger partial charge in [-0.3, -0.25) is 4.79 Å². The van der Waals surface area contributed by atoms with Crippen LogP contribution in [0, 0.1) is 0 Å². The monoisotopic (exact) mass is 336 g/mol. The van der Waals surface area contributed by atoms with E-state index in [2.05, 4.69) is 10.6 Å². The minimum Gasteiger partial charge on any atom is -0.396 e. The van der Waals surface area contributed by atoms with Gasteiger partial charge < -0.3 is 26.0 Å². The zero-order valence-electron chi connectivity index (χ0n) is 14.1. The first-order valence-corrected chi connectivity index (χ1v) is 8.61. The topological polar surface area (TPSA) is 102 Å². The normalized spacial score (nSPS) is 28.3. The first kappa shape index (κ1) is 18.9. The van der Waals surface area contributed by atoms with E-state index in [9.17, 15) is 20.1 Å². The van der Waals surface area contributed by atoms with Crippen LogP contribution >= 0.6 is 0 Å². The van der Waals surface area contributed by atoms with E-state index < -0.39 is 18.2 Å². The number of hydrogen-bond acceptors (Lipinski definition) is 5. The molecule has 0 spiro atoms. The third-order valence-corrected chi connectivity index (χ3v) is 4.76. The molecule has 1 aromatic rings. The first-order valence-electron chi connectivity index (χ1n) is 8.61. The van der Waals surface area contributed by atoms with Crippen molar-refractivity contribution in [1.82, 2.24) is 10.6 Å². The van der Waals surface area contributed by atoms with Crippen LogP contribution in [-0.4, -0.2) is 58.7 Å². The molecular formula is C18H28N2O4. The highest BCUT2D eigenvalue weighted by Crippen LogP contribution is 2.24. The van der Waals surface area contributed by atoms with E-state index in [1.807, 2.05) is 30.3 Å². The Bertz CT molecular complexity index is 511. The Hall–Kier alpha value is -1.47. The highest BCUT2D eigenvalue weighted by molar-refractivity contribution is 5.75. The second-order valence-electron chi connectivity index (χ2n) is 6.39. The van der Waals surface area contributed by atoms with E-state index >= 15 is 0 Å². The van der Waals surface area contributed by atoms with E-state index in [4.69, 9.17) is 0 Å². The van der Waals surface area contributed by atoms with Gasteiger partial charge in [0.25, 0.3) is 0 Å². The minimum atomic E-state index is -0.990. The van der Waals surface area contributed by atoms with Crippen LogP contribution in [-0.2, 0) is 4.79 Å². The minimum absolute atomic E-state index is 0.00913. The summed E-state index contributed by atoms with van der Waals surface area (Å²) in [6.07, 6.45) is -0.259. The Morgan fingerprint density at radius 3 is 2.62 bits per heavy atom. The van der Waals surface area contributed by atoms with E-state index in [1.54, 1.807) is 6.92 Å². The maximum absolute atomic E-state index is 11.5. The van der Waals surface area contributed by atoms with Crippen molar-refractivity contribution in [3.63, 3.8) is 0 Å². The number of piperidine rings is 1. The van der Waals surface area contributed by atoms with Gasteiger partial charge in [0.2, 0.25) is 5.91 Å². The van der Waals surface area contributed by atoms with Crippen molar-refractivity contribution < 1.29 is 20.1 Å².